The molecule has 1 aliphatic rings. The second kappa shape index (κ2) is 6.46. The molecular formula is C16H17F2N3O3. The van der Waals surface area contributed by atoms with Crippen LogP contribution in [0.2, 0.25) is 0 Å². The molecule has 1 atom stereocenters. The molecule has 0 bridgehead atoms. The summed E-state index contributed by atoms with van der Waals surface area (Å²) < 4.78 is 37.6. The van der Waals surface area contributed by atoms with E-state index in [1.54, 1.807) is 32.0 Å². The molecule has 1 aromatic heterocycles. The first-order valence-corrected chi connectivity index (χ1v) is 7.50. The molecule has 0 radical (unpaired) electrons. The highest BCUT2D eigenvalue weighted by Gasteiger charge is 2.22. The van der Waals surface area contributed by atoms with Crippen LogP contribution in [0.15, 0.2) is 24.3 Å². The Kier molecular flexibility index (Phi) is 4.37. The van der Waals surface area contributed by atoms with E-state index in [1.807, 2.05) is 0 Å². The lowest BCUT2D eigenvalue weighted by molar-refractivity contribution is -0.119. The predicted octanol–water partition coefficient (Wildman–Crippen LogP) is 3.10. The summed E-state index contributed by atoms with van der Waals surface area (Å²) in [5.41, 5.74) is 0.691. The summed E-state index contributed by atoms with van der Waals surface area (Å²) in [6, 6.07) is 5.62. The number of carbonyl (C=O) groups excluding carboxylic acids is 1. The maximum atomic E-state index is 12.7. The van der Waals surface area contributed by atoms with Crippen LogP contribution < -0.4 is 14.8 Å². The van der Waals surface area contributed by atoms with Crippen molar-refractivity contribution >= 4 is 11.6 Å². The van der Waals surface area contributed by atoms with Crippen LogP contribution >= 0.6 is 0 Å². The van der Waals surface area contributed by atoms with Gasteiger partial charge >= 0.3 is 0 Å². The summed E-state index contributed by atoms with van der Waals surface area (Å²) in [4.78, 5) is 12.4. The van der Waals surface area contributed by atoms with E-state index >= 15 is 0 Å². The summed E-state index contributed by atoms with van der Waals surface area (Å²) in [6.07, 6.45) is -2.67. The van der Waals surface area contributed by atoms with Gasteiger partial charge in [0.1, 0.15) is 24.9 Å². The van der Waals surface area contributed by atoms with Crippen LogP contribution in [-0.4, -0.2) is 28.9 Å². The van der Waals surface area contributed by atoms with Crippen LogP contribution in [0.25, 0.3) is 0 Å². The van der Waals surface area contributed by atoms with Gasteiger partial charge in [0.05, 0.1) is 0 Å². The Balaban J connectivity index is 1.74. The fourth-order valence-corrected chi connectivity index (χ4v) is 2.49. The number of amides is 1. The van der Waals surface area contributed by atoms with E-state index < -0.39 is 12.5 Å². The summed E-state index contributed by atoms with van der Waals surface area (Å²) in [5.74, 6) is 0.817. The third-order valence-corrected chi connectivity index (χ3v) is 3.72. The van der Waals surface area contributed by atoms with Gasteiger partial charge in [-0.25, -0.2) is 8.78 Å². The van der Waals surface area contributed by atoms with Crippen LogP contribution in [-0.2, 0) is 4.79 Å². The second-order valence-electron chi connectivity index (χ2n) is 5.48. The molecule has 2 heterocycles. The highest BCUT2D eigenvalue weighted by Crippen LogP contribution is 2.32. The van der Waals surface area contributed by atoms with Crippen molar-refractivity contribution in [3.05, 3.63) is 35.7 Å². The number of aryl methyl sites for hydroxylation is 1. The molecule has 1 aliphatic heterocycles. The number of nitrogens with one attached hydrogen (secondary N) is 1. The average molecular weight is 337 g/mol. The first kappa shape index (κ1) is 16.2. The molecule has 24 heavy (non-hydrogen) atoms. The quantitative estimate of drug-likeness (QED) is 0.931. The van der Waals surface area contributed by atoms with Crippen LogP contribution in [0.5, 0.6) is 11.5 Å². The fourth-order valence-electron chi connectivity index (χ4n) is 2.49. The van der Waals surface area contributed by atoms with Crippen molar-refractivity contribution in [2.45, 2.75) is 26.3 Å². The summed E-state index contributed by atoms with van der Waals surface area (Å²) in [5, 5.41) is 6.54. The number of benzene rings is 1. The maximum absolute atomic E-state index is 12.7. The fraction of sp³-hybridized carbons (Fsp3) is 0.375. The van der Waals surface area contributed by atoms with E-state index in [2.05, 4.69) is 10.4 Å². The normalized spacial score (nSPS) is 14.5. The number of halogens is 2. The first-order chi connectivity index (χ1) is 11.5. The summed E-state index contributed by atoms with van der Waals surface area (Å²) >= 11 is 0. The SMILES string of the molecule is Cc1cc(C(F)F)nn1C(C)C(=O)Nc1ccc2c(c1)OCCO2. The number of anilines is 1. The van der Waals surface area contributed by atoms with Gasteiger partial charge in [0.2, 0.25) is 5.91 Å². The Morgan fingerprint density at radius 1 is 1.25 bits per heavy atom. The molecule has 2 aromatic rings. The van der Waals surface area contributed by atoms with Crippen LogP contribution in [0.3, 0.4) is 0 Å². The lowest BCUT2D eigenvalue weighted by atomic mass is 10.2. The van der Waals surface area contributed by atoms with Crippen LogP contribution in [0, 0.1) is 6.92 Å². The second-order valence-corrected chi connectivity index (χ2v) is 5.48. The molecule has 3 rings (SSSR count). The Hall–Kier alpha value is -2.64. The molecule has 1 N–H and O–H groups in total. The van der Waals surface area contributed by atoms with Gasteiger partial charge in [-0.15, -0.1) is 0 Å². The maximum Gasteiger partial charge on any atom is 0.282 e. The highest BCUT2D eigenvalue weighted by molar-refractivity contribution is 5.93. The zero-order chi connectivity index (χ0) is 17.3. The molecule has 8 heteroatoms. The van der Waals surface area contributed by atoms with Gasteiger partial charge < -0.3 is 14.8 Å². The van der Waals surface area contributed by atoms with Gasteiger partial charge in [-0.1, -0.05) is 0 Å². The number of alkyl halides is 2. The van der Waals surface area contributed by atoms with Crippen molar-refractivity contribution in [3.8, 4) is 11.5 Å². The molecule has 1 aromatic carbocycles. The average Bonchev–Trinajstić information content (AvgIpc) is 2.96. The van der Waals surface area contributed by atoms with E-state index in [1.165, 1.54) is 10.7 Å². The summed E-state index contributed by atoms with van der Waals surface area (Å²) in [7, 11) is 0. The van der Waals surface area contributed by atoms with E-state index in [-0.39, 0.29) is 11.6 Å². The Morgan fingerprint density at radius 2 is 1.96 bits per heavy atom. The van der Waals surface area contributed by atoms with Crippen molar-refractivity contribution in [2.24, 2.45) is 0 Å². The van der Waals surface area contributed by atoms with Crippen LogP contribution in [0.1, 0.15) is 30.8 Å². The molecule has 0 fully saturated rings. The molecule has 0 aliphatic carbocycles. The van der Waals surface area contributed by atoms with Crippen molar-refractivity contribution in [3.63, 3.8) is 0 Å². The van der Waals surface area contributed by atoms with E-state index in [9.17, 15) is 13.6 Å². The minimum absolute atomic E-state index is 0.341. The van der Waals surface area contributed by atoms with Gasteiger partial charge in [-0.2, -0.15) is 5.10 Å². The molecular weight excluding hydrogens is 320 g/mol. The number of carbonyl (C=O) groups is 1. The van der Waals surface area contributed by atoms with Crippen molar-refractivity contribution in [1.82, 2.24) is 9.78 Å². The van der Waals surface area contributed by atoms with E-state index in [0.29, 0.717) is 36.1 Å². The molecule has 1 unspecified atom stereocenters. The van der Waals surface area contributed by atoms with Crippen molar-refractivity contribution in [1.29, 1.82) is 0 Å². The van der Waals surface area contributed by atoms with Gasteiger partial charge in [-0.05, 0) is 32.0 Å². The Bertz CT molecular complexity index is 761. The minimum Gasteiger partial charge on any atom is -0.486 e. The smallest absolute Gasteiger partial charge is 0.282 e. The van der Waals surface area contributed by atoms with Crippen molar-refractivity contribution < 1.29 is 23.0 Å². The first-order valence-electron chi connectivity index (χ1n) is 7.50. The molecule has 0 spiro atoms. The highest BCUT2D eigenvalue weighted by atomic mass is 19.3. The summed E-state index contributed by atoms with van der Waals surface area (Å²) in [6.45, 7) is 4.17. The number of fused-ring (bicyclic) bond motifs is 1. The Morgan fingerprint density at radius 3 is 2.62 bits per heavy atom. The van der Waals surface area contributed by atoms with Gasteiger partial charge in [-0.3, -0.25) is 9.48 Å². The predicted molar refractivity (Wildman–Crippen MR) is 82.7 cm³/mol. The van der Waals surface area contributed by atoms with E-state index in [0.717, 1.165) is 0 Å². The Labute approximate surface area is 137 Å². The zero-order valence-electron chi connectivity index (χ0n) is 13.3. The number of hydrogen-bond acceptors (Lipinski definition) is 4. The standard InChI is InChI=1S/C16H17F2N3O3/c1-9-7-12(15(17)18)20-21(9)10(2)16(22)19-11-3-4-13-14(8-11)24-6-5-23-13/h3-4,7-8,10,15H,5-6H2,1-2H3,(H,19,22). The number of rotatable bonds is 4. The van der Waals surface area contributed by atoms with Gasteiger partial charge in [0.15, 0.2) is 11.5 Å². The lowest BCUT2D eigenvalue weighted by Crippen LogP contribution is -2.25. The molecule has 1 amide bonds. The molecule has 128 valence electrons. The molecule has 0 saturated heterocycles. The largest absolute Gasteiger partial charge is 0.486 e. The van der Waals surface area contributed by atoms with E-state index in [4.69, 9.17) is 9.47 Å². The topological polar surface area (TPSA) is 65.4 Å². The molecule has 0 saturated carbocycles. The van der Waals surface area contributed by atoms with Crippen LogP contribution in [0.4, 0.5) is 14.5 Å². The number of nitrogens with zero attached hydrogens (tertiary/aromatic N) is 2. The zero-order valence-corrected chi connectivity index (χ0v) is 13.3. The number of aromatic nitrogens is 2. The van der Waals surface area contributed by atoms with Gasteiger partial charge in [0.25, 0.3) is 6.43 Å². The minimum atomic E-state index is -2.67. The number of ether oxygens (including phenoxy) is 2. The number of hydrogen-bond donors (Lipinski definition) is 1. The van der Waals surface area contributed by atoms with Gasteiger partial charge in [0, 0.05) is 17.4 Å². The third kappa shape index (κ3) is 3.17. The monoisotopic (exact) mass is 337 g/mol. The lowest BCUT2D eigenvalue weighted by Gasteiger charge is -2.20. The third-order valence-electron chi connectivity index (χ3n) is 3.72. The molecule has 6 nitrogen and oxygen atoms in total. The van der Waals surface area contributed by atoms with Crippen molar-refractivity contribution in [2.75, 3.05) is 18.5 Å².